The van der Waals surface area contributed by atoms with E-state index in [4.69, 9.17) is 4.74 Å². The Morgan fingerprint density at radius 3 is 2.39 bits per heavy atom. The van der Waals surface area contributed by atoms with Crippen LogP contribution in [-0.4, -0.2) is 18.5 Å². The van der Waals surface area contributed by atoms with Crippen molar-refractivity contribution in [2.45, 2.75) is 25.8 Å². The van der Waals surface area contributed by atoms with E-state index in [2.05, 4.69) is 10.6 Å². The molecule has 0 aromatic heterocycles. The molecule has 1 fully saturated rings. The fourth-order valence-corrected chi connectivity index (χ4v) is 1.85. The first kappa shape index (κ1) is 12.4. The van der Waals surface area contributed by atoms with Crippen LogP contribution in [0.3, 0.4) is 0 Å². The quantitative estimate of drug-likeness (QED) is 0.794. The predicted molar refractivity (Wildman–Crippen MR) is 66.3 cm³/mol. The van der Waals surface area contributed by atoms with Gasteiger partial charge in [0.05, 0.1) is 6.61 Å². The van der Waals surface area contributed by atoms with Crippen LogP contribution in [0.5, 0.6) is 5.75 Å². The Kier molecular flexibility index (Phi) is 3.23. The highest BCUT2D eigenvalue weighted by Crippen LogP contribution is 2.26. The van der Waals surface area contributed by atoms with E-state index in [1.807, 2.05) is 6.92 Å². The number of carbonyl (C=O) groups excluding carboxylic acids is 2. The summed E-state index contributed by atoms with van der Waals surface area (Å²) >= 11 is 0. The minimum atomic E-state index is -1.000. The smallest absolute Gasteiger partial charge is 0.322 e. The maximum absolute atomic E-state index is 11.7. The summed E-state index contributed by atoms with van der Waals surface area (Å²) in [5.41, 5.74) is -0.268. The summed E-state index contributed by atoms with van der Waals surface area (Å²) in [5.74, 6) is 0.420. The monoisotopic (exact) mass is 248 g/mol. The Balaban J connectivity index is 2.19. The van der Waals surface area contributed by atoms with Crippen LogP contribution in [0.2, 0.25) is 0 Å². The second-order valence-electron chi connectivity index (χ2n) is 4.41. The molecule has 3 amide bonds. The molecule has 0 radical (unpaired) electrons. The SMILES string of the molecule is CCCOc1ccc([C@@]2(C)NC(=O)NC2=O)cc1. The van der Waals surface area contributed by atoms with Crippen LogP contribution in [0.15, 0.2) is 24.3 Å². The van der Waals surface area contributed by atoms with Crippen molar-refractivity contribution in [2.75, 3.05) is 6.61 Å². The second kappa shape index (κ2) is 4.68. The molecule has 5 heteroatoms. The molecule has 2 N–H and O–H groups in total. The van der Waals surface area contributed by atoms with Gasteiger partial charge in [-0.15, -0.1) is 0 Å². The van der Waals surface area contributed by atoms with Crippen LogP contribution < -0.4 is 15.4 Å². The molecule has 18 heavy (non-hydrogen) atoms. The van der Waals surface area contributed by atoms with Gasteiger partial charge in [0.2, 0.25) is 0 Å². The van der Waals surface area contributed by atoms with Gasteiger partial charge < -0.3 is 10.1 Å². The summed E-state index contributed by atoms with van der Waals surface area (Å²) < 4.78 is 5.47. The number of rotatable bonds is 4. The van der Waals surface area contributed by atoms with Gasteiger partial charge in [-0.05, 0) is 31.0 Å². The zero-order valence-corrected chi connectivity index (χ0v) is 10.4. The van der Waals surface area contributed by atoms with Crippen molar-refractivity contribution in [1.29, 1.82) is 0 Å². The summed E-state index contributed by atoms with van der Waals surface area (Å²) in [6.07, 6.45) is 0.942. The molecule has 0 spiro atoms. The highest BCUT2D eigenvalue weighted by Gasteiger charge is 2.43. The molecular formula is C13H16N2O3. The van der Waals surface area contributed by atoms with Crippen molar-refractivity contribution >= 4 is 11.9 Å². The van der Waals surface area contributed by atoms with Crippen molar-refractivity contribution in [3.05, 3.63) is 29.8 Å². The molecule has 2 rings (SSSR count). The molecule has 1 heterocycles. The number of carbonyl (C=O) groups is 2. The summed E-state index contributed by atoms with van der Waals surface area (Å²) in [6.45, 7) is 4.37. The number of imide groups is 1. The Morgan fingerprint density at radius 1 is 1.22 bits per heavy atom. The lowest BCUT2D eigenvalue weighted by atomic mass is 9.92. The van der Waals surface area contributed by atoms with Crippen LogP contribution in [0.1, 0.15) is 25.8 Å². The van der Waals surface area contributed by atoms with Crippen molar-refractivity contribution in [1.82, 2.24) is 10.6 Å². The molecule has 1 aromatic rings. The summed E-state index contributed by atoms with van der Waals surface area (Å²) in [6, 6.07) is 6.71. The number of benzene rings is 1. The molecule has 1 saturated heterocycles. The summed E-state index contributed by atoms with van der Waals surface area (Å²) in [7, 11) is 0. The predicted octanol–water partition coefficient (Wildman–Crippen LogP) is 1.53. The van der Waals surface area contributed by atoms with E-state index in [1.165, 1.54) is 0 Å². The number of hydrogen-bond acceptors (Lipinski definition) is 3. The van der Waals surface area contributed by atoms with Crippen LogP contribution in [-0.2, 0) is 10.3 Å². The minimum Gasteiger partial charge on any atom is -0.494 e. The molecule has 96 valence electrons. The van der Waals surface area contributed by atoms with Crippen molar-refractivity contribution in [3.8, 4) is 5.75 Å². The highest BCUT2D eigenvalue weighted by atomic mass is 16.5. The molecule has 1 aromatic carbocycles. The van der Waals surface area contributed by atoms with Gasteiger partial charge in [-0.25, -0.2) is 4.79 Å². The number of nitrogens with one attached hydrogen (secondary N) is 2. The first-order chi connectivity index (χ1) is 8.56. The molecule has 0 bridgehead atoms. The van der Waals surface area contributed by atoms with Gasteiger partial charge in [-0.1, -0.05) is 19.1 Å². The Morgan fingerprint density at radius 2 is 1.89 bits per heavy atom. The standard InChI is InChI=1S/C13H16N2O3/c1-3-8-18-10-6-4-9(5-7-10)13(2)11(16)14-12(17)15-13/h4-7H,3,8H2,1-2H3,(H2,14,15,16,17)/t13-/m1/s1. The summed E-state index contributed by atoms with van der Waals surface area (Å²) in [5, 5.41) is 4.85. The number of amides is 3. The van der Waals surface area contributed by atoms with Crippen molar-refractivity contribution in [3.63, 3.8) is 0 Å². The van der Waals surface area contributed by atoms with E-state index in [1.54, 1.807) is 31.2 Å². The molecule has 5 nitrogen and oxygen atoms in total. The lowest BCUT2D eigenvalue weighted by molar-refractivity contribution is -0.123. The maximum atomic E-state index is 11.7. The van der Waals surface area contributed by atoms with Gasteiger partial charge >= 0.3 is 6.03 Å². The first-order valence-electron chi connectivity index (χ1n) is 5.93. The lowest BCUT2D eigenvalue weighted by Gasteiger charge is -2.21. The van der Waals surface area contributed by atoms with Gasteiger partial charge in [-0.3, -0.25) is 10.1 Å². The van der Waals surface area contributed by atoms with E-state index in [0.717, 1.165) is 17.7 Å². The number of ether oxygens (including phenoxy) is 1. The van der Waals surface area contributed by atoms with Gasteiger partial charge in [0.15, 0.2) is 0 Å². The highest BCUT2D eigenvalue weighted by molar-refractivity contribution is 6.07. The molecular weight excluding hydrogens is 232 g/mol. The second-order valence-corrected chi connectivity index (χ2v) is 4.41. The van der Waals surface area contributed by atoms with Crippen LogP contribution in [0.25, 0.3) is 0 Å². The largest absolute Gasteiger partial charge is 0.494 e. The first-order valence-corrected chi connectivity index (χ1v) is 5.93. The summed E-state index contributed by atoms with van der Waals surface area (Å²) in [4.78, 5) is 22.9. The van der Waals surface area contributed by atoms with Crippen molar-refractivity contribution in [2.24, 2.45) is 0 Å². The number of hydrogen-bond donors (Lipinski definition) is 2. The van der Waals surface area contributed by atoms with Crippen LogP contribution in [0, 0.1) is 0 Å². The molecule has 1 atom stereocenters. The topological polar surface area (TPSA) is 67.4 Å². The third-order valence-electron chi connectivity index (χ3n) is 2.95. The third kappa shape index (κ3) is 2.16. The average molecular weight is 248 g/mol. The van der Waals surface area contributed by atoms with Gasteiger partial charge in [0.1, 0.15) is 11.3 Å². The van der Waals surface area contributed by atoms with Gasteiger partial charge in [-0.2, -0.15) is 0 Å². The van der Waals surface area contributed by atoms with E-state index in [-0.39, 0.29) is 5.91 Å². The van der Waals surface area contributed by atoms with E-state index in [0.29, 0.717) is 6.61 Å². The zero-order valence-electron chi connectivity index (χ0n) is 10.4. The zero-order chi connectivity index (χ0) is 13.2. The van der Waals surface area contributed by atoms with Crippen LogP contribution in [0.4, 0.5) is 4.79 Å². The van der Waals surface area contributed by atoms with Crippen molar-refractivity contribution < 1.29 is 14.3 Å². The molecule has 0 saturated carbocycles. The van der Waals surface area contributed by atoms with Gasteiger partial charge in [0.25, 0.3) is 5.91 Å². The average Bonchev–Trinajstić information content (AvgIpc) is 2.62. The fraction of sp³-hybridized carbons (Fsp3) is 0.385. The Labute approximate surface area is 106 Å². The lowest BCUT2D eigenvalue weighted by Crippen LogP contribution is -2.40. The molecule has 1 aliphatic rings. The molecule has 0 unspecified atom stereocenters. The van der Waals surface area contributed by atoms with Gasteiger partial charge in [0, 0.05) is 0 Å². The molecule has 1 aliphatic heterocycles. The normalized spacial score (nSPS) is 22.6. The maximum Gasteiger partial charge on any atom is 0.322 e. The number of urea groups is 1. The Hall–Kier alpha value is -2.04. The minimum absolute atomic E-state index is 0.338. The van der Waals surface area contributed by atoms with E-state index in [9.17, 15) is 9.59 Å². The van der Waals surface area contributed by atoms with E-state index >= 15 is 0 Å². The van der Waals surface area contributed by atoms with E-state index < -0.39 is 11.6 Å². The van der Waals surface area contributed by atoms with Crippen LogP contribution >= 0.6 is 0 Å². The molecule has 0 aliphatic carbocycles. The Bertz CT molecular complexity index is 470. The third-order valence-corrected chi connectivity index (χ3v) is 2.95. The fourth-order valence-electron chi connectivity index (χ4n) is 1.85.